The van der Waals surface area contributed by atoms with Crippen LogP contribution in [0, 0.1) is 0 Å². The van der Waals surface area contributed by atoms with E-state index in [0.717, 1.165) is 81.9 Å². The predicted octanol–water partition coefficient (Wildman–Crippen LogP) is 14.3. The highest BCUT2D eigenvalue weighted by atomic mass is 32.1. The van der Waals surface area contributed by atoms with E-state index in [9.17, 15) is 0 Å². The van der Waals surface area contributed by atoms with Crippen molar-refractivity contribution >= 4 is 97.2 Å². The minimum atomic E-state index is 0.643. The summed E-state index contributed by atoms with van der Waals surface area (Å²) >= 11 is 1.74. The fourth-order valence-electron chi connectivity index (χ4n) is 9.12. The van der Waals surface area contributed by atoms with Crippen LogP contribution < -0.4 is 0 Å². The first-order valence-corrected chi connectivity index (χ1v) is 20.3. The molecule has 6 heteroatoms. The van der Waals surface area contributed by atoms with Crippen molar-refractivity contribution in [2.45, 2.75) is 0 Å². The molecule has 0 aliphatic rings. The van der Waals surface area contributed by atoms with Gasteiger partial charge in [0.15, 0.2) is 0 Å². The van der Waals surface area contributed by atoms with Gasteiger partial charge in [-0.3, -0.25) is 4.57 Å². The average molecular weight is 759 g/mol. The highest BCUT2D eigenvalue weighted by Gasteiger charge is 2.21. The summed E-state index contributed by atoms with van der Waals surface area (Å²) in [7, 11) is 0. The predicted molar refractivity (Wildman–Crippen MR) is 242 cm³/mol. The first-order valence-electron chi connectivity index (χ1n) is 19.5. The van der Waals surface area contributed by atoms with Crippen molar-refractivity contribution in [3.63, 3.8) is 0 Å². The van der Waals surface area contributed by atoms with Gasteiger partial charge in [-0.15, -0.1) is 11.3 Å². The largest absolute Gasteiger partial charge is 0.456 e. The van der Waals surface area contributed by atoms with E-state index < -0.39 is 0 Å². The first kappa shape index (κ1) is 31.6. The molecule has 0 aliphatic carbocycles. The Morgan fingerprint density at radius 3 is 1.72 bits per heavy atom. The number of hydrogen-bond acceptors (Lipinski definition) is 4. The van der Waals surface area contributed by atoms with Crippen molar-refractivity contribution in [3.05, 3.63) is 182 Å². The van der Waals surface area contributed by atoms with Crippen molar-refractivity contribution in [1.82, 2.24) is 19.1 Å². The number of furan rings is 1. The van der Waals surface area contributed by atoms with E-state index in [1.54, 1.807) is 11.3 Å². The van der Waals surface area contributed by atoms with Crippen LogP contribution in [0.1, 0.15) is 0 Å². The molecule has 0 spiro atoms. The number of hydrogen-bond donors (Lipinski definition) is 0. The van der Waals surface area contributed by atoms with Crippen molar-refractivity contribution in [1.29, 1.82) is 0 Å². The molecule has 0 fully saturated rings. The molecule has 0 atom stereocenters. The normalized spacial score (nSPS) is 12.1. The Hall–Kier alpha value is -7.54. The van der Waals surface area contributed by atoms with Crippen molar-refractivity contribution in [3.8, 4) is 34.0 Å². The second-order valence-electron chi connectivity index (χ2n) is 15.0. The lowest BCUT2D eigenvalue weighted by atomic mass is 10.0. The molecule has 5 nitrogen and oxygen atoms in total. The van der Waals surface area contributed by atoms with Crippen molar-refractivity contribution < 1.29 is 4.42 Å². The van der Waals surface area contributed by atoms with Crippen LogP contribution in [0.15, 0.2) is 186 Å². The lowest BCUT2D eigenvalue weighted by Gasteiger charge is -2.10. The number of nitrogens with zero attached hydrogens (tertiary/aromatic N) is 4. The van der Waals surface area contributed by atoms with Crippen LogP contribution in [0.3, 0.4) is 0 Å². The van der Waals surface area contributed by atoms with E-state index in [0.29, 0.717) is 5.95 Å². The number of thiophene rings is 1. The Labute approximate surface area is 335 Å². The molecule has 13 aromatic rings. The van der Waals surface area contributed by atoms with Gasteiger partial charge in [0.2, 0.25) is 5.95 Å². The van der Waals surface area contributed by atoms with Crippen molar-refractivity contribution in [2.75, 3.05) is 0 Å². The first-order chi connectivity index (χ1) is 28.7. The van der Waals surface area contributed by atoms with Crippen LogP contribution in [0.5, 0.6) is 0 Å². The van der Waals surface area contributed by atoms with E-state index in [4.69, 9.17) is 14.4 Å². The fraction of sp³-hybridized carbons (Fsp3) is 0. The Kier molecular flexibility index (Phi) is 6.54. The fourth-order valence-corrected chi connectivity index (χ4v) is 10.3. The summed E-state index contributed by atoms with van der Waals surface area (Å²) in [6.07, 6.45) is 0. The maximum absolute atomic E-state index is 6.37. The quantitative estimate of drug-likeness (QED) is 0.180. The molecule has 0 saturated heterocycles. The van der Waals surface area contributed by atoms with Gasteiger partial charge >= 0.3 is 0 Å². The summed E-state index contributed by atoms with van der Waals surface area (Å²) in [6.45, 7) is 0. The van der Waals surface area contributed by atoms with Gasteiger partial charge in [0.05, 0.1) is 38.0 Å². The zero-order valence-corrected chi connectivity index (χ0v) is 31.7. The van der Waals surface area contributed by atoms with Gasteiger partial charge in [0.25, 0.3) is 0 Å². The smallest absolute Gasteiger partial charge is 0.235 e. The summed E-state index contributed by atoms with van der Waals surface area (Å²) in [5.74, 6) is 0.643. The van der Waals surface area contributed by atoms with E-state index in [1.165, 1.54) is 32.1 Å². The topological polar surface area (TPSA) is 48.8 Å². The summed E-state index contributed by atoms with van der Waals surface area (Å²) < 4.78 is 13.2. The van der Waals surface area contributed by atoms with E-state index >= 15 is 0 Å². The number of aromatic nitrogens is 4. The number of fused-ring (bicyclic) bond motifs is 12. The molecule has 58 heavy (non-hydrogen) atoms. The van der Waals surface area contributed by atoms with Crippen LogP contribution in [0.25, 0.3) is 120 Å². The van der Waals surface area contributed by atoms with Crippen LogP contribution in [0.2, 0.25) is 0 Å². The van der Waals surface area contributed by atoms with Gasteiger partial charge < -0.3 is 8.98 Å². The molecule has 8 aromatic carbocycles. The standard InChI is InChI=1S/C52H30N4OS/c1-2-12-34(13-3-1)55-42-18-8-4-14-35(42)40-28-31(23-26-44(40)55)32-24-27-45-41(29-32)36-15-5-9-19-43(36)56(45)52-53-49(51-50(54-52)39-17-7-11-21-48(39)58-51)33-22-25-38-37-16-6-10-20-46(37)57-47(38)30-33/h1-30H. The van der Waals surface area contributed by atoms with Crippen LogP contribution >= 0.6 is 11.3 Å². The van der Waals surface area contributed by atoms with E-state index in [1.807, 2.05) is 12.1 Å². The van der Waals surface area contributed by atoms with Gasteiger partial charge in [-0.05, 0) is 83.9 Å². The zero-order valence-electron chi connectivity index (χ0n) is 30.9. The van der Waals surface area contributed by atoms with Gasteiger partial charge in [-0.2, -0.15) is 0 Å². The molecular weight excluding hydrogens is 729 g/mol. The number of para-hydroxylation sites is 4. The molecule has 0 bridgehead atoms. The molecule has 0 amide bonds. The van der Waals surface area contributed by atoms with Gasteiger partial charge in [0.1, 0.15) is 11.2 Å². The average Bonchev–Trinajstić information content (AvgIpc) is 4.03. The van der Waals surface area contributed by atoms with E-state index in [-0.39, 0.29) is 0 Å². The molecule has 5 aromatic heterocycles. The number of benzene rings is 8. The molecule has 0 radical (unpaired) electrons. The van der Waals surface area contributed by atoms with Crippen LogP contribution in [-0.2, 0) is 0 Å². The van der Waals surface area contributed by atoms with Crippen LogP contribution in [0.4, 0.5) is 0 Å². The van der Waals surface area contributed by atoms with Gasteiger partial charge in [0, 0.05) is 53.7 Å². The highest BCUT2D eigenvalue weighted by molar-refractivity contribution is 7.26. The summed E-state index contributed by atoms with van der Waals surface area (Å²) in [5.41, 5.74) is 12.6. The molecule has 0 unspecified atom stereocenters. The lowest BCUT2D eigenvalue weighted by molar-refractivity contribution is 0.669. The Balaban J connectivity index is 1.02. The zero-order chi connectivity index (χ0) is 37.9. The Bertz CT molecular complexity index is 3810. The molecule has 13 rings (SSSR count). The molecule has 0 saturated carbocycles. The maximum atomic E-state index is 6.37. The third-order valence-electron chi connectivity index (χ3n) is 11.8. The third kappa shape index (κ3) is 4.52. The van der Waals surface area contributed by atoms with Crippen LogP contribution in [-0.4, -0.2) is 19.1 Å². The Morgan fingerprint density at radius 1 is 0.397 bits per heavy atom. The van der Waals surface area contributed by atoms with Gasteiger partial charge in [-0.1, -0.05) is 109 Å². The Morgan fingerprint density at radius 2 is 0.966 bits per heavy atom. The number of rotatable bonds is 4. The minimum absolute atomic E-state index is 0.643. The summed E-state index contributed by atoms with van der Waals surface area (Å²) in [6, 6.07) is 64.8. The maximum Gasteiger partial charge on any atom is 0.235 e. The molecule has 0 N–H and O–H groups in total. The SMILES string of the molecule is c1ccc(-n2c3ccccc3c3cc(-c4ccc5c(c4)c4ccccc4n5-c4nc(-c5ccc6c(c5)oc5ccccc56)c5sc6ccccc6c5n4)ccc32)cc1. The minimum Gasteiger partial charge on any atom is -0.456 e. The lowest BCUT2D eigenvalue weighted by Crippen LogP contribution is -2.02. The van der Waals surface area contributed by atoms with E-state index in [2.05, 4.69) is 179 Å². The molecular formula is C52H30N4OS. The highest BCUT2D eigenvalue weighted by Crippen LogP contribution is 2.42. The van der Waals surface area contributed by atoms with Crippen molar-refractivity contribution in [2.24, 2.45) is 0 Å². The molecule has 270 valence electrons. The second-order valence-corrected chi connectivity index (χ2v) is 16.0. The molecule has 5 heterocycles. The third-order valence-corrected chi connectivity index (χ3v) is 12.9. The summed E-state index contributed by atoms with van der Waals surface area (Å²) in [4.78, 5) is 10.9. The molecule has 0 aliphatic heterocycles. The monoisotopic (exact) mass is 758 g/mol. The van der Waals surface area contributed by atoms with Gasteiger partial charge in [-0.25, -0.2) is 9.97 Å². The second kappa shape index (κ2) is 12.0. The summed E-state index contributed by atoms with van der Waals surface area (Å²) in [5, 5.41) is 8.13.